The van der Waals surface area contributed by atoms with Crippen molar-refractivity contribution in [3.05, 3.63) is 0 Å². The van der Waals surface area contributed by atoms with Crippen LogP contribution in [0.3, 0.4) is 0 Å². The number of carbonyl (C=O) groups excluding carboxylic acids is 1. The minimum atomic E-state index is -0.449. The lowest BCUT2D eigenvalue weighted by Gasteiger charge is -2.38. The molecule has 0 bridgehead atoms. The highest BCUT2D eigenvalue weighted by Crippen LogP contribution is 2.35. The first-order valence-corrected chi connectivity index (χ1v) is 10.5. The van der Waals surface area contributed by atoms with Crippen LogP contribution in [0.5, 0.6) is 0 Å². The Morgan fingerprint density at radius 2 is 1.50 bits per heavy atom. The molecule has 1 N–H and O–H groups in total. The van der Waals surface area contributed by atoms with Crippen molar-refractivity contribution >= 4 is 5.78 Å². The van der Waals surface area contributed by atoms with Gasteiger partial charge in [0.2, 0.25) is 0 Å². The lowest BCUT2D eigenvalue weighted by molar-refractivity contribution is -0.124. The van der Waals surface area contributed by atoms with Crippen LogP contribution in [-0.4, -0.2) is 30.6 Å². The van der Waals surface area contributed by atoms with E-state index in [4.69, 9.17) is 4.74 Å². The molecule has 0 aliphatic heterocycles. The molecule has 3 heteroatoms. The van der Waals surface area contributed by atoms with E-state index in [1.54, 1.807) is 0 Å². The highest BCUT2D eigenvalue weighted by atomic mass is 16.5. The summed E-state index contributed by atoms with van der Waals surface area (Å²) >= 11 is 0. The van der Waals surface area contributed by atoms with Crippen LogP contribution in [0.4, 0.5) is 0 Å². The topological polar surface area (TPSA) is 38.3 Å². The maximum Gasteiger partial charge on any atom is 0.152 e. The Kier molecular flexibility index (Phi) is 10.6. The minimum Gasteiger partial charge on any atom is -0.379 e. The second-order valence-electron chi connectivity index (χ2n) is 11.0. The number of Topliss-reactive ketones (excluding diaryl/α,β-unsaturated/α-hetero) is 1. The van der Waals surface area contributed by atoms with Crippen molar-refractivity contribution in [3.8, 4) is 0 Å². The summed E-state index contributed by atoms with van der Waals surface area (Å²) in [6, 6.07) is 0. The molecule has 1 atom stereocenters. The Morgan fingerprint density at radius 1 is 0.923 bits per heavy atom. The molecule has 0 heterocycles. The van der Waals surface area contributed by atoms with Gasteiger partial charge in [0.1, 0.15) is 0 Å². The van der Waals surface area contributed by atoms with Crippen LogP contribution in [0.25, 0.3) is 0 Å². The first-order chi connectivity index (χ1) is 11.6. The molecule has 0 aromatic heterocycles. The van der Waals surface area contributed by atoms with Crippen molar-refractivity contribution in [1.82, 2.24) is 5.32 Å². The third-order valence-electron chi connectivity index (χ3n) is 5.07. The molecule has 0 aliphatic rings. The number of rotatable bonds is 12. The monoisotopic (exact) mass is 369 g/mol. The second-order valence-corrected chi connectivity index (χ2v) is 11.0. The molecule has 0 fully saturated rings. The number of ketones is 1. The molecule has 0 aromatic rings. The van der Waals surface area contributed by atoms with E-state index in [1.807, 2.05) is 13.8 Å². The van der Waals surface area contributed by atoms with Crippen LogP contribution in [0.15, 0.2) is 0 Å². The molecule has 0 amide bonds. The van der Waals surface area contributed by atoms with Gasteiger partial charge in [-0.05, 0) is 70.3 Å². The summed E-state index contributed by atoms with van der Waals surface area (Å²) in [5, 5.41) is 3.58. The van der Waals surface area contributed by atoms with Crippen LogP contribution in [-0.2, 0) is 9.53 Å². The number of ether oxygens (including phenoxy) is 1. The van der Waals surface area contributed by atoms with Crippen LogP contribution in [0.2, 0.25) is 0 Å². The summed E-state index contributed by atoms with van der Waals surface area (Å²) in [6.45, 7) is 23.7. The molecule has 26 heavy (non-hydrogen) atoms. The molecule has 0 rings (SSSR count). The van der Waals surface area contributed by atoms with Gasteiger partial charge in [0.05, 0.1) is 11.6 Å². The van der Waals surface area contributed by atoms with Crippen molar-refractivity contribution in [1.29, 1.82) is 0 Å². The maximum absolute atomic E-state index is 12.7. The SMILES string of the molecule is CC(C)OCCCCCC(=O)C(C)(C)NCC(CC(C)(C)C)C(C)(C)C. The highest BCUT2D eigenvalue weighted by Gasteiger charge is 2.32. The molecule has 0 aliphatic carbocycles. The maximum atomic E-state index is 12.7. The fourth-order valence-corrected chi connectivity index (χ4v) is 3.10. The van der Waals surface area contributed by atoms with Gasteiger partial charge in [-0.3, -0.25) is 4.79 Å². The van der Waals surface area contributed by atoms with Gasteiger partial charge in [-0.15, -0.1) is 0 Å². The number of hydrogen-bond acceptors (Lipinski definition) is 3. The average Bonchev–Trinajstić information content (AvgIpc) is 2.44. The molecular weight excluding hydrogens is 322 g/mol. The first-order valence-electron chi connectivity index (χ1n) is 10.5. The van der Waals surface area contributed by atoms with E-state index >= 15 is 0 Å². The van der Waals surface area contributed by atoms with Crippen molar-refractivity contribution in [3.63, 3.8) is 0 Å². The van der Waals surface area contributed by atoms with E-state index in [9.17, 15) is 4.79 Å². The summed E-state index contributed by atoms with van der Waals surface area (Å²) in [4.78, 5) is 12.7. The third kappa shape index (κ3) is 12.1. The molecule has 0 saturated heterocycles. The van der Waals surface area contributed by atoms with Gasteiger partial charge in [0.15, 0.2) is 5.78 Å². The highest BCUT2D eigenvalue weighted by molar-refractivity contribution is 5.87. The Balaban J connectivity index is 4.40. The van der Waals surface area contributed by atoms with Gasteiger partial charge < -0.3 is 10.1 Å². The zero-order valence-electron chi connectivity index (χ0n) is 19.4. The number of unbranched alkanes of at least 4 members (excludes halogenated alkanes) is 2. The number of hydrogen-bond donors (Lipinski definition) is 1. The average molecular weight is 370 g/mol. The molecule has 0 spiro atoms. The Bertz CT molecular complexity index is 399. The number of nitrogens with one attached hydrogen (secondary N) is 1. The zero-order chi connectivity index (χ0) is 20.6. The lowest BCUT2D eigenvalue weighted by Crippen LogP contribution is -2.50. The smallest absolute Gasteiger partial charge is 0.152 e. The minimum absolute atomic E-state index is 0.232. The first kappa shape index (κ1) is 25.6. The molecule has 1 unspecified atom stereocenters. The van der Waals surface area contributed by atoms with Crippen LogP contribution >= 0.6 is 0 Å². The van der Waals surface area contributed by atoms with Crippen LogP contribution < -0.4 is 5.32 Å². The van der Waals surface area contributed by atoms with E-state index in [0.29, 0.717) is 29.6 Å². The third-order valence-corrected chi connectivity index (χ3v) is 5.07. The van der Waals surface area contributed by atoms with Gasteiger partial charge >= 0.3 is 0 Å². The number of carbonyl (C=O) groups is 1. The van der Waals surface area contributed by atoms with Crippen molar-refractivity contribution in [2.45, 2.75) is 113 Å². The summed E-state index contributed by atoms with van der Waals surface area (Å²) in [6.07, 6.45) is 5.16. The second kappa shape index (κ2) is 10.8. The van der Waals surface area contributed by atoms with Gasteiger partial charge in [-0.1, -0.05) is 48.0 Å². The predicted octanol–water partition coefficient (Wildman–Crippen LogP) is 6.01. The Morgan fingerprint density at radius 3 is 1.96 bits per heavy atom. The van der Waals surface area contributed by atoms with Gasteiger partial charge in [-0.2, -0.15) is 0 Å². The molecule has 0 saturated carbocycles. The predicted molar refractivity (Wildman–Crippen MR) is 114 cm³/mol. The lowest BCUT2D eigenvalue weighted by atomic mass is 9.72. The summed E-state index contributed by atoms with van der Waals surface area (Å²) in [5.41, 5.74) is 0.0808. The molecule has 0 aromatic carbocycles. The summed E-state index contributed by atoms with van der Waals surface area (Å²) in [7, 11) is 0. The summed E-state index contributed by atoms with van der Waals surface area (Å²) < 4.78 is 5.56. The quantitative estimate of drug-likeness (QED) is 0.428. The zero-order valence-corrected chi connectivity index (χ0v) is 19.4. The van der Waals surface area contributed by atoms with Gasteiger partial charge in [-0.25, -0.2) is 0 Å². The summed E-state index contributed by atoms with van der Waals surface area (Å²) in [5.74, 6) is 0.869. The van der Waals surface area contributed by atoms with E-state index in [0.717, 1.165) is 38.8 Å². The molecule has 3 nitrogen and oxygen atoms in total. The van der Waals surface area contributed by atoms with E-state index in [-0.39, 0.29) is 5.41 Å². The van der Waals surface area contributed by atoms with Crippen LogP contribution in [0.1, 0.15) is 101 Å². The fraction of sp³-hybridized carbons (Fsp3) is 0.957. The van der Waals surface area contributed by atoms with Crippen LogP contribution in [0, 0.1) is 16.7 Å². The van der Waals surface area contributed by atoms with Gasteiger partial charge in [0, 0.05) is 13.0 Å². The molecule has 156 valence electrons. The largest absolute Gasteiger partial charge is 0.379 e. The van der Waals surface area contributed by atoms with Gasteiger partial charge in [0.25, 0.3) is 0 Å². The van der Waals surface area contributed by atoms with E-state index in [2.05, 4.69) is 60.7 Å². The Hall–Kier alpha value is -0.410. The van der Waals surface area contributed by atoms with E-state index < -0.39 is 5.54 Å². The molecule has 0 radical (unpaired) electrons. The Labute approximate surface area is 164 Å². The van der Waals surface area contributed by atoms with Crippen molar-refractivity contribution < 1.29 is 9.53 Å². The normalized spacial score (nSPS) is 14.7. The van der Waals surface area contributed by atoms with Crippen molar-refractivity contribution in [2.24, 2.45) is 16.7 Å². The van der Waals surface area contributed by atoms with E-state index in [1.165, 1.54) is 0 Å². The fourth-order valence-electron chi connectivity index (χ4n) is 3.10. The standard InChI is InChI=1S/C23H47NO2/c1-18(2)26-15-13-11-12-14-20(25)23(9,10)24-17-19(22(6,7)8)16-21(3,4)5/h18-19,24H,11-17H2,1-10H3. The molecular formula is C23H47NO2. The van der Waals surface area contributed by atoms with Crippen molar-refractivity contribution in [2.75, 3.05) is 13.2 Å².